The molecule has 1 heterocycles. The van der Waals surface area contributed by atoms with Gasteiger partial charge in [0.2, 0.25) is 5.69 Å². The number of hydrogen-bond donors (Lipinski definition) is 0. The van der Waals surface area contributed by atoms with Crippen molar-refractivity contribution < 1.29 is 9.42 Å². The Morgan fingerprint density at radius 2 is 1.85 bits per heavy atom. The van der Waals surface area contributed by atoms with Crippen molar-refractivity contribution in [3.63, 3.8) is 0 Å². The fourth-order valence-corrected chi connectivity index (χ4v) is 1.68. The van der Waals surface area contributed by atoms with Gasteiger partial charge >= 0.3 is 0 Å². The van der Waals surface area contributed by atoms with E-state index in [9.17, 15) is 0 Å². The van der Waals surface area contributed by atoms with E-state index in [1.807, 2.05) is 6.92 Å². The molecule has 1 rings (SSSR count). The van der Waals surface area contributed by atoms with Gasteiger partial charge in [-0.2, -0.15) is 0 Å². The van der Waals surface area contributed by atoms with E-state index in [2.05, 4.69) is 37.2 Å². The first-order chi connectivity index (χ1) is 6.00. The molecule has 0 N–H and O–H groups in total. The predicted octanol–water partition coefficient (Wildman–Crippen LogP) is 1.40. The van der Waals surface area contributed by atoms with Gasteiger partial charge in [-0.3, -0.25) is 0 Å². The van der Waals surface area contributed by atoms with Crippen LogP contribution in [0.5, 0.6) is 0 Å². The van der Waals surface area contributed by atoms with Crippen molar-refractivity contribution in [2.45, 2.75) is 33.9 Å². The first-order valence-electron chi connectivity index (χ1n) is 4.57. The third kappa shape index (κ3) is 1.48. The minimum absolute atomic E-state index is 0.0948. The van der Waals surface area contributed by atoms with Gasteiger partial charge < -0.3 is 4.74 Å². The van der Waals surface area contributed by atoms with Crippen LogP contribution < -0.4 is 4.68 Å². The van der Waals surface area contributed by atoms with E-state index in [4.69, 9.17) is 4.74 Å². The zero-order valence-corrected chi connectivity index (χ0v) is 9.38. The smallest absolute Gasteiger partial charge is 0.207 e. The Labute approximate surface area is 79.9 Å². The Balaban J connectivity index is 3.28. The summed E-state index contributed by atoms with van der Waals surface area (Å²) in [4.78, 5) is 0. The van der Waals surface area contributed by atoms with Crippen LogP contribution in [0.15, 0.2) is 0 Å². The Hall–Kier alpha value is -0.830. The summed E-state index contributed by atoms with van der Waals surface area (Å²) in [5.74, 6) is 0. The average Bonchev–Trinajstić information content (AvgIpc) is 2.30. The van der Waals surface area contributed by atoms with E-state index in [-0.39, 0.29) is 6.23 Å². The Bertz CT molecular complexity index is 290. The van der Waals surface area contributed by atoms with E-state index < -0.39 is 0 Å². The molecule has 1 aromatic heterocycles. The SMILES string of the molecule is COC(C)n1c(C)c(C)c(C)[n+]1C. The summed E-state index contributed by atoms with van der Waals surface area (Å²) in [5, 5.41) is 0. The topological polar surface area (TPSA) is 18.0 Å². The standard InChI is InChI=1S/C10H19N2O/c1-7-8(2)11(5)12(9(7)3)10(4)13-6/h10H,1-6H3/q+1. The van der Waals surface area contributed by atoms with E-state index in [1.165, 1.54) is 17.0 Å². The summed E-state index contributed by atoms with van der Waals surface area (Å²) in [7, 11) is 3.79. The minimum atomic E-state index is 0.0948. The largest absolute Gasteiger partial charge is 0.356 e. The van der Waals surface area contributed by atoms with Crippen molar-refractivity contribution in [3.8, 4) is 0 Å². The number of methoxy groups -OCH3 is 1. The summed E-state index contributed by atoms with van der Waals surface area (Å²) in [6, 6.07) is 0. The lowest BCUT2D eigenvalue weighted by atomic mass is 10.2. The molecule has 3 nitrogen and oxygen atoms in total. The number of hydrogen-bond acceptors (Lipinski definition) is 1. The highest BCUT2D eigenvalue weighted by atomic mass is 16.5. The summed E-state index contributed by atoms with van der Waals surface area (Å²) >= 11 is 0. The van der Waals surface area contributed by atoms with Gasteiger partial charge in [-0.05, 0) is 20.8 Å². The summed E-state index contributed by atoms with van der Waals surface area (Å²) in [5.41, 5.74) is 3.90. The lowest BCUT2D eigenvalue weighted by Crippen LogP contribution is -2.43. The molecule has 0 aliphatic rings. The fourth-order valence-electron chi connectivity index (χ4n) is 1.68. The molecule has 0 radical (unpaired) electrons. The zero-order valence-electron chi connectivity index (χ0n) is 9.38. The Morgan fingerprint density at radius 1 is 1.31 bits per heavy atom. The maximum absolute atomic E-state index is 5.31. The van der Waals surface area contributed by atoms with Crippen LogP contribution in [0, 0.1) is 20.8 Å². The molecule has 0 aliphatic carbocycles. The molecule has 74 valence electrons. The van der Waals surface area contributed by atoms with Crippen LogP contribution in [0.2, 0.25) is 0 Å². The molecule has 0 spiro atoms. The van der Waals surface area contributed by atoms with Crippen LogP contribution >= 0.6 is 0 Å². The second-order valence-electron chi connectivity index (χ2n) is 3.50. The Morgan fingerprint density at radius 3 is 2.15 bits per heavy atom. The van der Waals surface area contributed by atoms with Gasteiger partial charge in [0.25, 0.3) is 0 Å². The summed E-state index contributed by atoms with van der Waals surface area (Å²) < 4.78 is 9.60. The maximum atomic E-state index is 5.31. The monoisotopic (exact) mass is 183 g/mol. The van der Waals surface area contributed by atoms with Gasteiger partial charge in [0.1, 0.15) is 0 Å². The molecular weight excluding hydrogens is 164 g/mol. The molecule has 0 amide bonds. The Kier molecular flexibility index (Phi) is 2.76. The molecule has 0 saturated heterocycles. The molecule has 1 unspecified atom stereocenters. The van der Waals surface area contributed by atoms with Crippen LogP contribution in [0.3, 0.4) is 0 Å². The third-order valence-corrected chi connectivity index (χ3v) is 2.92. The second kappa shape index (κ2) is 3.50. The van der Waals surface area contributed by atoms with Crippen molar-refractivity contribution >= 4 is 0 Å². The van der Waals surface area contributed by atoms with Gasteiger partial charge in [-0.15, -0.1) is 9.36 Å². The molecule has 0 saturated carbocycles. The molecule has 1 atom stereocenters. The van der Waals surface area contributed by atoms with Gasteiger partial charge in [-0.25, -0.2) is 0 Å². The summed E-state index contributed by atoms with van der Waals surface area (Å²) in [6.07, 6.45) is 0.0948. The number of aromatic nitrogens is 2. The van der Waals surface area contributed by atoms with E-state index in [0.717, 1.165) is 0 Å². The summed E-state index contributed by atoms with van der Waals surface area (Å²) in [6.45, 7) is 8.44. The van der Waals surface area contributed by atoms with Crippen molar-refractivity contribution in [2.75, 3.05) is 7.11 Å². The quantitative estimate of drug-likeness (QED) is 0.634. The first-order valence-corrected chi connectivity index (χ1v) is 4.57. The van der Waals surface area contributed by atoms with Crippen molar-refractivity contribution in [3.05, 3.63) is 17.0 Å². The normalized spacial score (nSPS) is 13.4. The van der Waals surface area contributed by atoms with Crippen LogP contribution in [-0.2, 0) is 11.8 Å². The van der Waals surface area contributed by atoms with Gasteiger partial charge in [-0.1, -0.05) is 0 Å². The lowest BCUT2D eigenvalue weighted by Gasteiger charge is -2.10. The molecule has 0 fully saturated rings. The lowest BCUT2D eigenvalue weighted by molar-refractivity contribution is -0.765. The highest BCUT2D eigenvalue weighted by molar-refractivity contribution is 5.18. The van der Waals surface area contributed by atoms with Crippen molar-refractivity contribution in [1.29, 1.82) is 0 Å². The van der Waals surface area contributed by atoms with Gasteiger partial charge in [0, 0.05) is 19.6 Å². The molecule has 3 heteroatoms. The van der Waals surface area contributed by atoms with Crippen LogP contribution in [0.1, 0.15) is 30.1 Å². The van der Waals surface area contributed by atoms with Crippen molar-refractivity contribution in [2.24, 2.45) is 7.05 Å². The minimum Gasteiger partial charge on any atom is -0.356 e. The number of ether oxygens (including phenoxy) is 1. The van der Waals surface area contributed by atoms with Crippen LogP contribution in [0.4, 0.5) is 0 Å². The van der Waals surface area contributed by atoms with Gasteiger partial charge in [0.15, 0.2) is 13.3 Å². The molecule has 0 aromatic carbocycles. The molecule has 13 heavy (non-hydrogen) atoms. The molecule has 0 bridgehead atoms. The van der Waals surface area contributed by atoms with E-state index in [1.54, 1.807) is 7.11 Å². The maximum Gasteiger partial charge on any atom is 0.207 e. The number of nitrogens with zero attached hydrogens (tertiary/aromatic N) is 2. The molecule has 0 aliphatic heterocycles. The highest BCUT2D eigenvalue weighted by Gasteiger charge is 2.22. The average molecular weight is 183 g/mol. The van der Waals surface area contributed by atoms with E-state index >= 15 is 0 Å². The first kappa shape index (κ1) is 10.3. The second-order valence-corrected chi connectivity index (χ2v) is 3.50. The molecule has 1 aromatic rings. The number of rotatable bonds is 2. The van der Waals surface area contributed by atoms with Crippen LogP contribution in [-0.4, -0.2) is 11.8 Å². The third-order valence-electron chi connectivity index (χ3n) is 2.92. The van der Waals surface area contributed by atoms with Gasteiger partial charge in [0.05, 0.1) is 5.69 Å². The van der Waals surface area contributed by atoms with Crippen molar-refractivity contribution in [1.82, 2.24) is 4.68 Å². The fraction of sp³-hybridized carbons (Fsp3) is 0.700. The van der Waals surface area contributed by atoms with Crippen LogP contribution in [0.25, 0.3) is 0 Å². The predicted molar refractivity (Wildman–Crippen MR) is 51.5 cm³/mol. The zero-order chi connectivity index (χ0) is 10.2. The molecular formula is C10H19N2O+. The highest BCUT2D eigenvalue weighted by Crippen LogP contribution is 2.14. The van der Waals surface area contributed by atoms with E-state index in [0.29, 0.717) is 0 Å².